The van der Waals surface area contributed by atoms with Gasteiger partial charge in [-0.1, -0.05) is 12.1 Å². The van der Waals surface area contributed by atoms with Gasteiger partial charge in [-0.05, 0) is 69.4 Å². The van der Waals surface area contributed by atoms with Crippen molar-refractivity contribution >= 4 is 67.1 Å². The van der Waals surface area contributed by atoms with Gasteiger partial charge < -0.3 is 4.42 Å². The Balaban J connectivity index is 2.66. The number of hydrogen-bond donors (Lipinski definition) is 0. The molecule has 2 aromatic carbocycles. The zero-order valence-corrected chi connectivity index (χ0v) is 12.9. The number of benzene rings is 2. The summed E-state index contributed by atoms with van der Waals surface area (Å²) in [5.74, 6) is 0. The second kappa shape index (κ2) is 4.24. The molecule has 0 radical (unpaired) electrons. The van der Waals surface area contributed by atoms with Crippen LogP contribution in [0.5, 0.6) is 0 Å². The first kappa shape index (κ1) is 11.5. The van der Waals surface area contributed by atoms with Gasteiger partial charge >= 0.3 is 0 Å². The molecule has 0 amide bonds. The van der Waals surface area contributed by atoms with E-state index in [4.69, 9.17) is 4.42 Å². The zero-order chi connectivity index (χ0) is 12.0. The normalized spacial score (nSPS) is 11.2. The average Bonchev–Trinajstić information content (AvgIpc) is 2.34. The molecule has 0 unspecified atom stereocenters. The first-order chi connectivity index (χ1) is 8.18. The van der Waals surface area contributed by atoms with Gasteiger partial charge in [-0.2, -0.15) is 0 Å². The lowest BCUT2D eigenvalue weighted by Crippen LogP contribution is -2.04. The summed E-state index contributed by atoms with van der Waals surface area (Å²) >= 11 is 4.42. The highest BCUT2D eigenvalue weighted by Gasteiger charge is 2.11. The van der Waals surface area contributed by atoms with E-state index in [1.54, 1.807) is 6.07 Å². The van der Waals surface area contributed by atoms with Crippen molar-refractivity contribution in [2.24, 2.45) is 0 Å². The molecule has 0 aliphatic heterocycles. The van der Waals surface area contributed by atoms with E-state index in [1.165, 1.54) is 0 Å². The van der Waals surface area contributed by atoms with E-state index in [-0.39, 0.29) is 5.43 Å². The number of para-hydroxylation sites is 1. The number of fused-ring (bicyclic) bond motifs is 2. The molecular formula is C13H6I2O2. The molecule has 2 nitrogen and oxygen atoms in total. The lowest BCUT2D eigenvalue weighted by atomic mass is 10.1. The molecule has 4 heteroatoms. The summed E-state index contributed by atoms with van der Waals surface area (Å²) in [4.78, 5) is 12.4. The first-order valence-corrected chi connectivity index (χ1v) is 7.14. The molecule has 3 rings (SSSR count). The second-order valence-corrected chi connectivity index (χ2v) is 5.90. The molecular weight excluding hydrogens is 442 g/mol. The molecule has 1 heterocycles. The molecule has 0 aliphatic carbocycles. The van der Waals surface area contributed by atoms with Crippen LogP contribution in [0.4, 0.5) is 0 Å². The van der Waals surface area contributed by atoms with Crippen molar-refractivity contribution in [2.45, 2.75) is 0 Å². The summed E-state index contributed by atoms with van der Waals surface area (Å²) in [5, 5.41) is 1.32. The molecule has 0 fully saturated rings. The summed E-state index contributed by atoms with van der Waals surface area (Å²) in [6, 6.07) is 11.2. The molecule has 17 heavy (non-hydrogen) atoms. The second-order valence-electron chi connectivity index (χ2n) is 3.66. The van der Waals surface area contributed by atoms with Crippen LogP contribution in [-0.2, 0) is 0 Å². The van der Waals surface area contributed by atoms with Gasteiger partial charge in [-0.3, -0.25) is 4.79 Å². The van der Waals surface area contributed by atoms with Crippen molar-refractivity contribution in [1.29, 1.82) is 0 Å². The summed E-state index contributed by atoms with van der Waals surface area (Å²) in [7, 11) is 0. The van der Waals surface area contributed by atoms with Crippen LogP contribution in [0.15, 0.2) is 45.6 Å². The van der Waals surface area contributed by atoms with Crippen molar-refractivity contribution in [1.82, 2.24) is 0 Å². The summed E-state index contributed by atoms with van der Waals surface area (Å²) < 4.78 is 7.78. The van der Waals surface area contributed by atoms with Gasteiger partial charge in [0.1, 0.15) is 11.2 Å². The van der Waals surface area contributed by atoms with Gasteiger partial charge in [0.15, 0.2) is 0 Å². The van der Waals surface area contributed by atoms with Crippen LogP contribution in [0, 0.1) is 7.14 Å². The Kier molecular flexibility index (Phi) is 2.86. The van der Waals surface area contributed by atoms with E-state index in [9.17, 15) is 4.79 Å². The Labute approximate surface area is 124 Å². The third kappa shape index (κ3) is 1.77. The van der Waals surface area contributed by atoms with Gasteiger partial charge in [0, 0.05) is 7.14 Å². The highest BCUT2D eigenvalue weighted by molar-refractivity contribution is 14.1. The molecule has 0 atom stereocenters. The molecule has 0 aliphatic rings. The van der Waals surface area contributed by atoms with Crippen molar-refractivity contribution in [2.75, 3.05) is 0 Å². The third-order valence-corrected chi connectivity index (χ3v) is 5.69. The van der Waals surface area contributed by atoms with E-state index in [2.05, 4.69) is 45.2 Å². The van der Waals surface area contributed by atoms with Gasteiger partial charge in [0.25, 0.3) is 0 Å². The van der Waals surface area contributed by atoms with Crippen LogP contribution in [0.2, 0.25) is 0 Å². The number of hydrogen-bond acceptors (Lipinski definition) is 2. The Bertz CT molecular complexity index is 790. The molecule has 0 spiro atoms. The molecule has 0 bridgehead atoms. The average molecular weight is 448 g/mol. The lowest BCUT2D eigenvalue weighted by Gasteiger charge is -2.04. The number of rotatable bonds is 0. The molecule has 84 valence electrons. The fourth-order valence-corrected chi connectivity index (χ4v) is 2.97. The van der Waals surface area contributed by atoms with Crippen LogP contribution >= 0.6 is 45.2 Å². The maximum Gasteiger partial charge on any atom is 0.201 e. The summed E-state index contributed by atoms with van der Waals surface area (Å²) in [6.45, 7) is 0. The van der Waals surface area contributed by atoms with Crippen molar-refractivity contribution < 1.29 is 4.42 Å². The van der Waals surface area contributed by atoms with Crippen LogP contribution in [0.3, 0.4) is 0 Å². The maximum atomic E-state index is 12.4. The molecule has 0 N–H and O–H groups in total. The highest BCUT2D eigenvalue weighted by atomic mass is 127. The van der Waals surface area contributed by atoms with Crippen LogP contribution < -0.4 is 5.43 Å². The van der Waals surface area contributed by atoms with Crippen molar-refractivity contribution in [3.8, 4) is 0 Å². The molecule has 0 saturated carbocycles. The van der Waals surface area contributed by atoms with Crippen LogP contribution in [-0.4, -0.2) is 0 Å². The van der Waals surface area contributed by atoms with E-state index in [1.807, 2.05) is 30.3 Å². The van der Waals surface area contributed by atoms with Gasteiger partial charge in [0.05, 0.1) is 10.8 Å². The minimum atomic E-state index is 0.0461. The van der Waals surface area contributed by atoms with Gasteiger partial charge in [-0.25, -0.2) is 0 Å². The van der Waals surface area contributed by atoms with E-state index < -0.39 is 0 Å². The predicted octanol–water partition coefficient (Wildman–Crippen LogP) is 4.16. The van der Waals surface area contributed by atoms with E-state index in [0.29, 0.717) is 21.9 Å². The van der Waals surface area contributed by atoms with Crippen molar-refractivity contribution in [3.63, 3.8) is 0 Å². The summed E-state index contributed by atoms with van der Waals surface area (Å²) in [5.41, 5.74) is 1.34. The standard InChI is InChI=1S/C13H6I2O2/c14-8-5-6-10-11(12(8)15)13(16)7-3-1-2-4-9(7)17-10/h1-6H. The van der Waals surface area contributed by atoms with Gasteiger partial charge in [0.2, 0.25) is 5.43 Å². The fourth-order valence-electron chi connectivity index (χ4n) is 1.83. The molecule has 3 aromatic rings. The topological polar surface area (TPSA) is 30.2 Å². The minimum absolute atomic E-state index is 0.0461. The summed E-state index contributed by atoms with van der Waals surface area (Å²) in [6.07, 6.45) is 0. The Morgan fingerprint density at radius 2 is 1.71 bits per heavy atom. The fraction of sp³-hybridized carbons (Fsp3) is 0. The Hall–Kier alpha value is -0.630. The minimum Gasteiger partial charge on any atom is -0.456 e. The number of halogens is 2. The van der Waals surface area contributed by atoms with Gasteiger partial charge in [-0.15, -0.1) is 0 Å². The Morgan fingerprint density at radius 1 is 0.941 bits per heavy atom. The predicted molar refractivity (Wildman–Crippen MR) is 85.4 cm³/mol. The SMILES string of the molecule is O=c1c2ccccc2oc2ccc(I)c(I)c12. The largest absolute Gasteiger partial charge is 0.456 e. The quantitative estimate of drug-likeness (QED) is 0.382. The maximum absolute atomic E-state index is 12.4. The smallest absolute Gasteiger partial charge is 0.201 e. The zero-order valence-electron chi connectivity index (χ0n) is 8.54. The highest BCUT2D eigenvalue weighted by Crippen LogP contribution is 2.25. The van der Waals surface area contributed by atoms with E-state index in [0.717, 1.165) is 7.14 Å². The van der Waals surface area contributed by atoms with E-state index >= 15 is 0 Å². The van der Waals surface area contributed by atoms with Crippen LogP contribution in [0.25, 0.3) is 21.9 Å². The van der Waals surface area contributed by atoms with Crippen LogP contribution in [0.1, 0.15) is 0 Å². The Morgan fingerprint density at radius 3 is 2.53 bits per heavy atom. The first-order valence-electron chi connectivity index (χ1n) is 4.98. The molecule has 0 saturated heterocycles. The van der Waals surface area contributed by atoms with Crippen molar-refractivity contribution in [3.05, 3.63) is 53.8 Å². The molecule has 1 aromatic heterocycles. The monoisotopic (exact) mass is 448 g/mol. The lowest BCUT2D eigenvalue weighted by molar-refractivity contribution is 0.659. The third-order valence-electron chi connectivity index (χ3n) is 2.64.